The number of hydrogen-bond acceptors (Lipinski definition) is 2. The third kappa shape index (κ3) is 1.38. The standard InChI is InChI=1S/C11H11ClO3/c1-6-7(12)2-3-8(13)9(6)11(4-5-11)10(14)15/h2-3,13H,4-5H2,1H3,(H,14,15). The van der Waals surface area contributed by atoms with Crippen LogP contribution in [0.25, 0.3) is 0 Å². The van der Waals surface area contributed by atoms with E-state index in [4.69, 9.17) is 16.7 Å². The van der Waals surface area contributed by atoms with Crippen LogP contribution in [0.5, 0.6) is 5.75 Å². The number of benzene rings is 1. The van der Waals surface area contributed by atoms with Crippen LogP contribution in [0, 0.1) is 6.92 Å². The van der Waals surface area contributed by atoms with Crippen LogP contribution in [-0.4, -0.2) is 16.2 Å². The Kier molecular flexibility index (Phi) is 2.15. The Morgan fingerprint density at radius 1 is 1.47 bits per heavy atom. The molecule has 0 aromatic heterocycles. The third-order valence-corrected chi connectivity index (χ3v) is 3.42. The number of phenols is 1. The molecule has 2 N–H and O–H groups in total. The minimum Gasteiger partial charge on any atom is -0.508 e. The molecule has 1 aliphatic rings. The third-order valence-electron chi connectivity index (χ3n) is 3.01. The second-order valence-electron chi connectivity index (χ2n) is 3.95. The van der Waals surface area contributed by atoms with Crippen molar-refractivity contribution in [2.45, 2.75) is 25.2 Å². The first-order chi connectivity index (χ1) is 6.99. The number of phenolic OH excluding ortho intramolecular Hbond substituents is 1. The van der Waals surface area contributed by atoms with Gasteiger partial charge in [0.05, 0.1) is 5.41 Å². The van der Waals surface area contributed by atoms with Gasteiger partial charge in [-0.3, -0.25) is 4.79 Å². The first kappa shape index (κ1) is 10.3. The number of hydrogen-bond donors (Lipinski definition) is 2. The van der Waals surface area contributed by atoms with Crippen LogP contribution in [0.4, 0.5) is 0 Å². The molecule has 0 aliphatic heterocycles. The number of aromatic hydroxyl groups is 1. The van der Waals surface area contributed by atoms with Gasteiger partial charge in [0.25, 0.3) is 0 Å². The molecular formula is C11H11ClO3. The van der Waals surface area contributed by atoms with Crippen molar-refractivity contribution in [3.8, 4) is 5.75 Å². The fourth-order valence-electron chi connectivity index (χ4n) is 1.97. The molecule has 2 rings (SSSR count). The second-order valence-corrected chi connectivity index (χ2v) is 4.36. The summed E-state index contributed by atoms with van der Waals surface area (Å²) in [6, 6.07) is 3.03. The molecule has 0 heterocycles. The molecule has 0 unspecified atom stereocenters. The van der Waals surface area contributed by atoms with Gasteiger partial charge in [-0.15, -0.1) is 0 Å². The first-order valence-corrected chi connectivity index (χ1v) is 5.09. The van der Waals surface area contributed by atoms with Crippen molar-refractivity contribution in [3.05, 3.63) is 28.3 Å². The molecule has 3 nitrogen and oxygen atoms in total. The summed E-state index contributed by atoms with van der Waals surface area (Å²) in [6.45, 7) is 1.74. The van der Waals surface area contributed by atoms with E-state index in [9.17, 15) is 9.90 Å². The highest BCUT2D eigenvalue weighted by Gasteiger charge is 2.54. The van der Waals surface area contributed by atoms with Gasteiger partial charge >= 0.3 is 5.97 Å². The van der Waals surface area contributed by atoms with Gasteiger partial charge in [-0.1, -0.05) is 11.6 Å². The van der Waals surface area contributed by atoms with Gasteiger partial charge in [-0.25, -0.2) is 0 Å². The molecule has 0 radical (unpaired) electrons. The van der Waals surface area contributed by atoms with E-state index in [1.807, 2.05) is 0 Å². The van der Waals surface area contributed by atoms with Crippen molar-refractivity contribution >= 4 is 17.6 Å². The maximum Gasteiger partial charge on any atom is 0.314 e. The van der Waals surface area contributed by atoms with Gasteiger partial charge in [-0.2, -0.15) is 0 Å². The SMILES string of the molecule is Cc1c(Cl)ccc(O)c1C1(C(=O)O)CC1. The Hall–Kier alpha value is -1.22. The largest absolute Gasteiger partial charge is 0.508 e. The molecule has 80 valence electrons. The number of carboxylic acid groups (broad SMARTS) is 1. The zero-order chi connectivity index (χ0) is 11.2. The normalized spacial score (nSPS) is 17.5. The van der Waals surface area contributed by atoms with E-state index in [0.29, 0.717) is 29.0 Å². The summed E-state index contributed by atoms with van der Waals surface area (Å²) in [7, 11) is 0. The fourth-order valence-corrected chi connectivity index (χ4v) is 2.13. The molecule has 1 fully saturated rings. The number of rotatable bonds is 2. The van der Waals surface area contributed by atoms with Gasteiger partial charge in [0, 0.05) is 10.6 Å². The molecule has 0 spiro atoms. The fraction of sp³-hybridized carbons (Fsp3) is 0.364. The van der Waals surface area contributed by atoms with E-state index in [-0.39, 0.29) is 5.75 Å². The van der Waals surface area contributed by atoms with E-state index >= 15 is 0 Å². The summed E-state index contributed by atoms with van der Waals surface area (Å²) < 4.78 is 0. The van der Waals surface area contributed by atoms with Crippen molar-refractivity contribution in [3.63, 3.8) is 0 Å². The van der Waals surface area contributed by atoms with Gasteiger partial charge in [0.1, 0.15) is 5.75 Å². The van der Waals surface area contributed by atoms with Crippen molar-refractivity contribution in [2.75, 3.05) is 0 Å². The molecule has 0 amide bonds. The monoisotopic (exact) mass is 226 g/mol. The maximum absolute atomic E-state index is 11.1. The highest BCUT2D eigenvalue weighted by molar-refractivity contribution is 6.31. The van der Waals surface area contributed by atoms with Crippen LogP contribution in [0.2, 0.25) is 5.02 Å². The highest BCUT2D eigenvalue weighted by Crippen LogP contribution is 2.53. The summed E-state index contributed by atoms with van der Waals surface area (Å²) in [4.78, 5) is 11.1. The molecule has 1 aromatic rings. The lowest BCUT2D eigenvalue weighted by molar-refractivity contribution is -0.140. The van der Waals surface area contributed by atoms with Crippen LogP contribution < -0.4 is 0 Å². The van der Waals surface area contributed by atoms with Crippen molar-refractivity contribution < 1.29 is 15.0 Å². The average molecular weight is 227 g/mol. The lowest BCUT2D eigenvalue weighted by Crippen LogP contribution is -2.20. The number of halogens is 1. The molecule has 0 saturated heterocycles. The van der Waals surface area contributed by atoms with Crippen molar-refractivity contribution in [1.82, 2.24) is 0 Å². The Morgan fingerprint density at radius 3 is 2.53 bits per heavy atom. The quantitative estimate of drug-likeness (QED) is 0.815. The molecule has 0 atom stereocenters. The van der Waals surface area contributed by atoms with Gasteiger partial charge in [0.2, 0.25) is 0 Å². The number of aliphatic carboxylic acids is 1. The van der Waals surface area contributed by atoms with Crippen molar-refractivity contribution in [2.24, 2.45) is 0 Å². The minimum atomic E-state index is -0.904. The van der Waals surface area contributed by atoms with Crippen molar-refractivity contribution in [1.29, 1.82) is 0 Å². The molecule has 1 aromatic carbocycles. The summed E-state index contributed by atoms with van der Waals surface area (Å²) in [6.07, 6.45) is 1.13. The smallest absolute Gasteiger partial charge is 0.314 e. The first-order valence-electron chi connectivity index (χ1n) is 4.71. The molecule has 1 aliphatic carbocycles. The Labute approximate surface area is 92.3 Å². The summed E-state index contributed by atoms with van der Waals surface area (Å²) in [5, 5.41) is 19.4. The van der Waals surface area contributed by atoms with Crippen LogP contribution in [0.15, 0.2) is 12.1 Å². The van der Waals surface area contributed by atoms with Crippen LogP contribution in [0.3, 0.4) is 0 Å². The average Bonchev–Trinajstić information content (AvgIpc) is 2.93. The van der Waals surface area contributed by atoms with Crippen LogP contribution in [0.1, 0.15) is 24.0 Å². The van der Waals surface area contributed by atoms with E-state index < -0.39 is 11.4 Å². The van der Waals surface area contributed by atoms with Gasteiger partial charge in [0.15, 0.2) is 0 Å². The molecule has 4 heteroatoms. The zero-order valence-corrected chi connectivity index (χ0v) is 9.01. The van der Waals surface area contributed by atoms with Gasteiger partial charge in [-0.05, 0) is 37.5 Å². The maximum atomic E-state index is 11.1. The van der Waals surface area contributed by atoms with Crippen LogP contribution >= 0.6 is 11.6 Å². The highest BCUT2D eigenvalue weighted by atomic mass is 35.5. The second kappa shape index (κ2) is 3.14. The van der Waals surface area contributed by atoms with E-state index in [2.05, 4.69) is 0 Å². The zero-order valence-electron chi connectivity index (χ0n) is 8.25. The number of carboxylic acids is 1. The summed E-state index contributed by atoms with van der Waals surface area (Å²) >= 11 is 5.92. The van der Waals surface area contributed by atoms with E-state index in [1.54, 1.807) is 13.0 Å². The summed E-state index contributed by atoms with van der Waals surface area (Å²) in [5.41, 5.74) is 0.234. The van der Waals surface area contributed by atoms with E-state index in [0.717, 1.165) is 0 Å². The Balaban J connectivity index is 2.62. The summed E-state index contributed by atoms with van der Waals surface area (Å²) in [5.74, 6) is -0.861. The Morgan fingerprint density at radius 2 is 2.07 bits per heavy atom. The lowest BCUT2D eigenvalue weighted by Gasteiger charge is -2.16. The van der Waals surface area contributed by atoms with Gasteiger partial charge < -0.3 is 10.2 Å². The predicted molar refractivity (Wildman–Crippen MR) is 56.4 cm³/mol. The molecule has 0 bridgehead atoms. The Bertz CT molecular complexity index is 436. The van der Waals surface area contributed by atoms with E-state index in [1.165, 1.54) is 6.07 Å². The topological polar surface area (TPSA) is 57.5 Å². The molecule has 1 saturated carbocycles. The molecule has 15 heavy (non-hydrogen) atoms. The molecular weight excluding hydrogens is 216 g/mol. The lowest BCUT2D eigenvalue weighted by atomic mass is 9.91. The van der Waals surface area contributed by atoms with Crippen LogP contribution in [-0.2, 0) is 10.2 Å². The predicted octanol–water partition coefficient (Wildman–Crippen LogP) is 2.47. The minimum absolute atomic E-state index is 0.0248. The number of carbonyl (C=O) groups is 1.